The van der Waals surface area contributed by atoms with Crippen LogP contribution in [0.4, 0.5) is 0 Å². The summed E-state index contributed by atoms with van der Waals surface area (Å²) in [6.45, 7) is 8.81. The van der Waals surface area contributed by atoms with Gasteiger partial charge in [0, 0.05) is 5.57 Å². The molecule has 1 heteroatoms. The normalized spacial score (nSPS) is 24.2. The molecule has 0 fully saturated rings. The molecule has 0 saturated heterocycles. The maximum absolute atomic E-state index is 5.30. The lowest BCUT2D eigenvalue weighted by Crippen LogP contribution is -2.30. The number of ether oxygens (including phenoxy) is 1. The fraction of sp³-hybridized carbons (Fsp3) is 0.778. The first-order valence-electron chi connectivity index (χ1n) is 3.98. The maximum Gasteiger partial charge on any atom is 0.125 e. The SMILES string of the molecule is CC(C)C1=COC1C(C)C. The molecule has 10 heavy (non-hydrogen) atoms. The molecule has 1 rings (SSSR count). The van der Waals surface area contributed by atoms with Gasteiger partial charge in [0.05, 0.1) is 6.26 Å². The van der Waals surface area contributed by atoms with E-state index in [0.29, 0.717) is 17.9 Å². The van der Waals surface area contributed by atoms with Crippen LogP contribution in [0, 0.1) is 11.8 Å². The quantitative estimate of drug-likeness (QED) is 0.573. The molecule has 1 aliphatic rings. The van der Waals surface area contributed by atoms with E-state index in [1.165, 1.54) is 5.57 Å². The van der Waals surface area contributed by atoms with E-state index in [1.54, 1.807) is 0 Å². The molecule has 0 radical (unpaired) electrons. The molecule has 1 nitrogen and oxygen atoms in total. The lowest BCUT2D eigenvalue weighted by Gasteiger charge is -2.33. The Balaban J connectivity index is 2.50. The minimum absolute atomic E-state index is 0.403. The minimum Gasteiger partial charge on any atom is -0.493 e. The maximum atomic E-state index is 5.30. The average molecular weight is 140 g/mol. The van der Waals surface area contributed by atoms with Crippen molar-refractivity contribution in [1.82, 2.24) is 0 Å². The summed E-state index contributed by atoms with van der Waals surface area (Å²) in [7, 11) is 0. The average Bonchev–Trinajstić information content (AvgIpc) is 1.56. The molecule has 0 saturated carbocycles. The molecule has 0 aliphatic carbocycles. The van der Waals surface area contributed by atoms with Gasteiger partial charge in [0.15, 0.2) is 0 Å². The van der Waals surface area contributed by atoms with E-state index in [-0.39, 0.29) is 0 Å². The second-order valence-electron chi connectivity index (χ2n) is 3.57. The Labute approximate surface area is 63.1 Å². The number of hydrogen-bond acceptors (Lipinski definition) is 1. The summed E-state index contributed by atoms with van der Waals surface area (Å²) in [5.41, 5.74) is 1.47. The molecule has 0 aromatic carbocycles. The van der Waals surface area contributed by atoms with Crippen molar-refractivity contribution in [2.24, 2.45) is 11.8 Å². The zero-order valence-electron chi connectivity index (χ0n) is 7.22. The van der Waals surface area contributed by atoms with Gasteiger partial charge in [0.25, 0.3) is 0 Å². The summed E-state index contributed by atoms with van der Waals surface area (Å²) in [6, 6.07) is 0. The summed E-state index contributed by atoms with van der Waals surface area (Å²) >= 11 is 0. The second kappa shape index (κ2) is 2.65. The zero-order valence-corrected chi connectivity index (χ0v) is 7.22. The van der Waals surface area contributed by atoms with Crippen molar-refractivity contribution in [3.8, 4) is 0 Å². The summed E-state index contributed by atoms with van der Waals surface area (Å²) in [5.74, 6) is 1.28. The Morgan fingerprint density at radius 3 is 2.00 bits per heavy atom. The number of hydrogen-bond donors (Lipinski definition) is 0. The molecule has 1 aliphatic heterocycles. The van der Waals surface area contributed by atoms with Gasteiger partial charge in [-0.15, -0.1) is 0 Å². The molecule has 0 spiro atoms. The molecule has 1 atom stereocenters. The van der Waals surface area contributed by atoms with Crippen LogP contribution in [0.1, 0.15) is 27.7 Å². The molecular formula is C9H16O. The molecule has 58 valence electrons. The van der Waals surface area contributed by atoms with Crippen molar-refractivity contribution < 1.29 is 4.74 Å². The van der Waals surface area contributed by atoms with Crippen molar-refractivity contribution in [2.75, 3.05) is 0 Å². The first kappa shape index (κ1) is 7.64. The van der Waals surface area contributed by atoms with E-state index < -0.39 is 0 Å². The minimum atomic E-state index is 0.403. The molecule has 0 aromatic heterocycles. The zero-order chi connectivity index (χ0) is 7.72. The van der Waals surface area contributed by atoms with E-state index in [9.17, 15) is 0 Å². The highest BCUT2D eigenvalue weighted by Gasteiger charge is 2.28. The Morgan fingerprint density at radius 2 is 1.90 bits per heavy atom. The van der Waals surface area contributed by atoms with Gasteiger partial charge >= 0.3 is 0 Å². The van der Waals surface area contributed by atoms with Crippen molar-refractivity contribution in [2.45, 2.75) is 33.8 Å². The lowest BCUT2D eigenvalue weighted by atomic mass is 9.89. The third kappa shape index (κ3) is 1.18. The lowest BCUT2D eigenvalue weighted by molar-refractivity contribution is 0.0701. The first-order valence-corrected chi connectivity index (χ1v) is 3.98. The Morgan fingerprint density at radius 1 is 1.30 bits per heavy atom. The largest absolute Gasteiger partial charge is 0.493 e. The van der Waals surface area contributed by atoms with Crippen molar-refractivity contribution >= 4 is 0 Å². The topological polar surface area (TPSA) is 9.23 Å². The highest BCUT2D eigenvalue weighted by atomic mass is 16.5. The summed E-state index contributed by atoms with van der Waals surface area (Å²) in [5, 5.41) is 0. The molecular weight excluding hydrogens is 124 g/mol. The Kier molecular flexibility index (Phi) is 2.02. The fourth-order valence-electron chi connectivity index (χ4n) is 1.23. The summed E-state index contributed by atoms with van der Waals surface area (Å²) < 4.78 is 5.30. The van der Waals surface area contributed by atoms with Crippen LogP contribution in [0.2, 0.25) is 0 Å². The Bertz CT molecular complexity index is 145. The van der Waals surface area contributed by atoms with Gasteiger partial charge < -0.3 is 4.74 Å². The van der Waals surface area contributed by atoms with Crippen LogP contribution in [0.25, 0.3) is 0 Å². The van der Waals surface area contributed by atoms with Crippen molar-refractivity contribution in [3.05, 3.63) is 11.8 Å². The van der Waals surface area contributed by atoms with E-state index >= 15 is 0 Å². The monoisotopic (exact) mass is 140 g/mol. The molecule has 0 bridgehead atoms. The van der Waals surface area contributed by atoms with Crippen molar-refractivity contribution in [1.29, 1.82) is 0 Å². The molecule has 0 amide bonds. The van der Waals surface area contributed by atoms with Crippen LogP contribution < -0.4 is 0 Å². The van der Waals surface area contributed by atoms with Crippen molar-refractivity contribution in [3.63, 3.8) is 0 Å². The van der Waals surface area contributed by atoms with Crippen LogP contribution in [0.15, 0.2) is 11.8 Å². The van der Waals surface area contributed by atoms with Gasteiger partial charge in [-0.2, -0.15) is 0 Å². The van der Waals surface area contributed by atoms with Crippen LogP contribution in [-0.4, -0.2) is 6.10 Å². The van der Waals surface area contributed by atoms with Crippen LogP contribution in [0.3, 0.4) is 0 Å². The third-order valence-electron chi connectivity index (χ3n) is 1.95. The predicted molar refractivity (Wildman–Crippen MR) is 42.6 cm³/mol. The van der Waals surface area contributed by atoms with Gasteiger partial charge in [0.2, 0.25) is 0 Å². The van der Waals surface area contributed by atoms with Gasteiger partial charge in [-0.05, 0) is 11.8 Å². The molecule has 1 heterocycles. The highest BCUT2D eigenvalue weighted by molar-refractivity contribution is 5.16. The predicted octanol–water partition coefficient (Wildman–Crippen LogP) is 2.58. The highest BCUT2D eigenvalue weighted by Crippen LogP contribution is 2.30. The van der Waals surface area contributed by atoms with E-state index in [4.69, 9.17) is 4.74 Å². The van der Waals surface area contributed by atoms with Gasteiger partial charge in [0.1, 0.15) is 6.10 Å². The van der Waals surface area contributed by atoms with Crippen LogP contribution >= 0.6 is 0 Å². The summed E-state index contributed by atoms with van der Waals surface area (Å²) in [6.07, 6.45) is 2.30. The van der Waals surface area contributed by atoms with Crippen LogP contribution in [-0.2, 0) is 4.74 Å². The third-order valence-corrected chi connectivity index (χ3v) is 1.95. The fourth-order valence-corrected chi connectivity index (χ4v) is 1.23. The van der Waals surface area contributed by atoms with Gasteiger partial charge in [-0.3, -0.25) is 0 Å². The van der Waals surface area contributed by atoms with Gasteiger partial charge in [-0.25, -0.2) is 0 Å². The standard InChI is InChI=1S/C9H16O/c1-6(2)8-5-10-9(8)7(3)4/h5-7,9H,1-4H3. The smallest absolute Gasteiger partial charge is 0.125 e. The van der Waals surface area contributed by atoms with E-state index in [2.05, 4.69) is 27.7 Å². The first-order chi connectivity index (χ1) is 4.63. The second-order valence-corrected chi connectivity index (χ2v) is 3.57. The molecule has 0 N–H and O–H groups in total. The van der Waals surface area contributed by atoms with Crippen LogP contribution in [0.5, 0.6) is 0 Å². The molecule has 1 unspecified atom stereocenters. The molecule has 0 aromatic rings. The van der Waals surface area contributed by atoms with Gasteiger partial charge in [-0.1, -0.05) is 27.7 Å². The number of rotatable bonds is 2. The van der Waals surface area contributed by atoms with E-state index in [1.807, 2.05) is 6.26 Å². The Hall–Kier alpha value is -0.460. The van der Waals surface area contributed by atoms with E-state index in [0.717, 1.165) is 0 Å². The summed E-state index contributed by atoms with van der Waals surface area (Å²) in [4.78, 5) is 0.